The van der Waals surface area contributed by atoms with E-state index in [-0.39, 0.29) is 5.92 Å². The summed E-state index contributed by atoms with van der Waals surface area (Å²) < 4.78 is 0. The highest BCUT2D eigenvalue weighted by atomic mass is 16.3. The molecule has 2 saturated carbocycles. The van der Waals surface area contributed by atoms with Gasteiger partial charge in [-0.25, -0.2) is 0 Å². The van der Waals surface area contributed by atoms with E-state index in [0.717, 1.165) is 18.4 Å². The predicted molar refractivity (Wildman–Crippen MR) is 69.5 cm³/mol. The van der Waals surface area contributed by atoms with Crippen LogP contribution in [-0.4, -0.2) is 22.4 Å². The van der Waals surface area contributed by atoms with E-state index in [2.05, 4.69) is 20.4 Å². The van der Waals surface area contributed by atoms with Crippen LogP contribution in [0.5, 0.6) is 0 Å². The Bertz CT molecular complexity index is 308. The molecule has 2 aliphatic rings. The van der Waals surface area contributed by atoms with Crippen molar-refractivity contribution in [2.24, 2.45) is 23.2 Å². The lowest BCUT2D eigenvalue weighted by atomic mass is 9.52. The standard InChI is InChI=1S/C15H26O2/c1-9-5-6-12-11(8-15(12,3)4)10(2)7-13(16)14(9)17/h9,11-14,16-17H,2,5-8H2,1,3-4H3. The van der Waals surface area contributed by atoms with Gasteiger partial charge < -0.3 is 10.2 Å². The van der Waals surface area contributed by atoms with Gasteiger partial charge in [-0.15, -0.1) is 0 Å². The van der Waals surface area contributed by atoms with Crippen molar-refractivity contribution in [3.8, 4) is 0 Å². The Hall–Kier alpha value is -0.340. The second kappa shape index (κ2) is 4.40. The number of hydrogen-bond donors (Lipinski definition) is 2. The van der Waals surface area contributed by atoms with Gasteiger partial charge in [0.2, 0.25) is 0 Å². The van der Waals surface area contributed by atoms with Crippen LogP contribution in [-0.2, 0) is 0 Å². The van der Waals surface area contributed by atoms with Crippen LogP contribution in [0.2, 0.25) is 0 Å². The quantitative estimate of drug-likeness (QED) is 0.637. The molecule has 2 N–H and O–H groups in total. The molecule has 0 amide bonds. The summed E-state index contributed by atoms with van der Waals surface area (Å²) in [4.78, 5) is 0. The molecule has 2 rings (SSSR count). The molecule has 98 valence electrons. The van der Waals surface area contributed by atoms with E-state index < -0.39 is 12.2 Å². The first kappa shape index (κ1) is 13.1. The molecule has 0 aromatic carbocycles. The fraction of sp³-hybridized carbons (Fsp3) is 0.867. The zero-order valence-electron chi connectivity index (χ0n) is 11.3. The Kier molecular flexibility index (Phi) is 3.39. The Balaban J connectivity index is 2.15. The third-order valence-corrected chi connectivity index (χ3v) is 5.14. The highest BCUT2D eigenvalue weighted by Gasteiger charge is 2.48. The molecule has 0 bridgehead atoms. The molecule has 0 radical (unpaired) electrons. The van der Waals surface area contributed by atoms with Gasteiger partial charge >= 0.3 is 0 Å². The molecule has 0 aromatic heterocycles. The van der Waals surface area contributed by atoms with Gasteiger partial charge in [-0.1, -0.05) is 32.9 Å². The van der Waals surface area contributed by atoms with E-state index in [9.17, 15) is 10.2 Å². The van der Waals surface area contributed by atoms with E-state index in [1.54, 1.807) is 0 Å². The summed E-state index contributed by atoms with van der Waals surface area (Å²) in [6.07, 6.45) is 2.71. The molecule has 5 unspecified atom stereocenters. The molecule has 2 heteroatoms. The van der Waals surface area contributed by atoms with E-state index in [0.29, 0.717) is 23.7 Å². The fourth-order valence-electron chi connectivity index (χ4n) is 3.80. The van der Waals surface area contributed by atoms with Crippen molar-refractivity contribution in [2.75, 3.05) is 0 Å². The highest BCUT2D eigenvalue weighted by Crippen LogP contribution is 2.56. The third-order valence-electron chi connectivity index (χ3n) is 5.14. The summed E-state index contributed by atoms with van der Waals surface area (Å²) >= 11 is 0. The van der Waals surface area contributed by atoms with Gasteiger partial charge in [0.15, 0.2) is 0 Å². The maximum Gasteiger partial charge on any atom is 0.0838 e. The zero-order valence-corrected chi connectivity index (χ0v) is 11.3. The number of rotatable bonds is 0. The van der Waals surface area contributed by atoms with Crippen molar-refractivity contribution in [1.29, 1.82) is 0 Å². The average molecular weight is 238 g/mol. The van der Waals surface area contributed by atoms with Crippen molar-refractivity contribution in [3.05, 3.63) is 12.2 Å². The molecule has 0 aromatic rings. The first-order valence-electron chi connectivity index (χ1n) is 6.86. The molecule has 2 fully saturated rings. The Labute approximate surface area is 105 Å². The first-order valence-corrected chi connectivity index (χ1v) is 6.86. The highest BCUT2D eigenvalue weighted by molar-refractivity contribution is 5.14. The largest absolute Gasteiger partial charge is 0.390 e. The van der Waals surface area contributed by atoms with Crippen molar-refractivity contribution in [1.82, 2.24) is 0 Å². The molecule has 5 atom stereocenters. The lowest BCUT2D eigenvalue weighted by molar-refractivity contribution is -0.0142. The third kappa shape index (κ3) is 2.30. The molecule has 0 saturated heterocycles. The molecular formula is C15H26O2. The van der Waals surface area contributed by atoms with Crippen molar-refractivity contribution in [3.63, 3.8) is 0 Å². The van der Waals surface area contributed by atoms with Gasteiger partial charge in [-0.3, -0.25) is 0 Å². The minimum Gasteiger partial charge on any atom is -0.390 e. The predicted octanol–water partition coefficient (Wildman–Crippen LogP) is 2.75. The Morgan fingerprint density at radius 1 is 1.24 bits per heavy atom. The van der Waals surface area contributed by atoms with E-state index >= 15 is 0 Å². The smallest absolute Gasteiger partial charge is 0.0838 e. The molecule has 17 heavy (non-hydrogen) atoms. The molecule has 0 spiro atoms. The minimum atomic E-state index is -0.625. The topological polar surface area (TPSA) is 40.5 Å². The van der Waals surface area contributed by atoms with E-state index in [4.69, 9.17) is 0 Å². The van der Waals surface area contributed by atoms with Gasteiger partial charge in [-0.05, 0) is 48.9 Å². The molecule has 0 aliphatic heterocycles. The van der Waals surface area contributed by atoms with Gasteiger partial charge in [0.1, 0.15) is 0 Å². The summed E-state index contributed by atoms with van der Waals surface area (Å²) in [5, 5.41) is 20.0. The summed E-state index contributed by atoms with van der Waals surface area (Å²) in [6, 6.07) is 0. The van der Waals surface area contributed by atoms with Crippen LogP contribution >= 0.6 is 0 Å². The monoisotopic (exact) mass is 238 g/mol. The van der Waals surface area contributed by atoms with Gasteiger partial charge in [0.25, 0.3) is 0 Å². The fourth-order valence-corrected chi connectivity index (χ4v) is 3.80. The van der Waals surface area contributed by atoms with E-state index in [1.165, 1.54) is 6.42 Å². The van der Waals surface area contributed by atoms with Crippen LogP contribution in [0.25, 0.3) is 0 Å². The Morgan fingerprint density at radius 2 is 1.88 bits per heavy atom. The normalized spacial score (nSPS) is 46.2. The van der Waals surface area contributed by atoms with Crippen LogP contribution in [0, 0.1) is 23.2 Å². The second-order valence-corrected chi connectivity index (χ2v) is 6.88. The lowest BCUT2D eigenvalue weighted by Crippen LogP contribution is -2.44. The lowest BCUT2D eigenvalue weighted by Gasteiger charge is -2.53. The summed E-state index contributed by atoms with van der Waals surface area (Å²) in [7, 11) is 0. The molecular weight excluding hydrogens is 212 g/mol. The SMILES string of the molecule is C=C1CC(O)C(O)C(C)CCC2C1CC2(C)C. The van der Waals surface area contributed by atoms with Crippen LogP contribution in [0.15, 0.2) is 12.2 Å². The summed E-state index contributed by atoms with van der Waals surface area (Å²) in [6.45, 7) is 10.8. The summed E-state index contributed by atoms with van der Waals surface area (Å²) in [5.41, 5.74) is 1.56. The average Bonchev–Trinajstić information content (AvgIpc) is 2.26. The van der Waals surface area contributed by atoms with E-state index in [1.807, 2.05) is 6.92 Å². The number of fused-ring (bicyclic) bond motifs is 1. The number of hydrogen-bond acceptors (Lipinski definition) is 2. The maximum atomic E-state index is 10.0. The Morgan fingerprint density at radius 3 is 2.47 bits per heavy atom. The number of aliphatic hydroxyl groups is 2. The van der Waals surface area contributed by atoms with Gasteiger partial charge in [0.05, 0.1) is 12.2 Å². The van der Waals surface area contributed by atoms with Crippen LogP contribution in [0.1, 0.15) is 46.5 Å². The van der Waals surface area contributed by atoms with Gasteiger partial charge in [-0.2, -0.15) is 0 Å². The van der Waals surface area contributed by atoms with Crippen LogP contribution in [0.4, 0.5) is 0 Å². The second-order valence-electron chi connectivity index (χ2n) is 6.88. The minimum absolute atomic E-state index is 0.188. The summed E-state index contributed by atoms with van der Waals surface area (Å²) in [5.74, 6) is 1.44. The number of aliphatic hydroxyl groups excluding tert-OH is 2. The maximum absolute atomic E-state index is 10.0. The zero-order chi connectivity index (χ0) is 12.8. The molecule has 0 heterocycles. The first-order chi connectivity index (χ1) is 7.83. The van der Waals surface area contributed by atoms with Gasteiger partial charge in [0, 0.05) is 0 Å². The molecule has 2 nitrogen and oxygen atoms in total. The molecule has 2 aliphatic carbocycles. The van der Waals surface area contributed by atoms with Crippen molar-refractivity contribution < 1.29 is 10.2 Å². The van der Waals surface area contributed by atoms with Crippen molar-refractivity contribution in [2.45, 2.75) is 58.7 Å². The van der Waals surface area contributed by atoms with Crippen LogP contribution < -0.4 is 0 Å². The van der Waals surface area contributed by atoms with Crippen LogP contribution in [0.3, 0.4) is 0 Å². The van der Waals surface area contributed by atoms with Crippen molar-refractivity contribution >= 4 is 0 Å².